The molecule has 5 fully saturated rings. The second-order valence-electron chi connectivity index (χ2n) is 19.0. The molecule has 3 saturated heterocycles. The predicted molar refractivity (Wildman–Crippen MR) is 271 cm³/mol. The monoisotopic (exact) mass is 1170 g/mol. The van der Waals surface area contributed by atoms with Crippen molar-refractivity contribution in [3.05, 3.63) is 131 Å². The number of esters is 1. The normalized spacial score (nSPS) is 22.4. The van der Waals surface area contributed by atoms with Gasteiger partial charge in [0.15, 0.2) is 0 Å². The molecule has 0 spiro atoms. The number of likely N-dealkylation sites (tertiary alicyclic amines) is 1. The van der Waals surface area contributed by atoms with Crippen LogP contribution in [0.3, 0.4) is 0 Å². The molecular formula is C58H81N2O8U-. The Bertz CT molecular complexity index is 1990. The van der Waals surface area contributed by atoms with E-state index in [2.05, 4.69) is 45.9 Å². The van der Waals surface area contributed by atoms with Crippen LogP contribution < -0.4 is 15.2 Å². The Morgan fingerprint density at radius 3 is 1.75 bits per heavy atom. The van der Waals surface area contributed by atoms with Crippen molar-refractivity contribution in [3.63, 3.8) is 0 Å². The summed E-state index contributed by atoms with van der Waals surface area (Å²) in [4.78, 5) is 24.9. The molecule has 10 nitrogen and oxygen atoms in total. The number of benzene rings is 4. The van der Waals surface area contributed by atoms with Gasteiger partial charge in [-0.15, -0.1) is 17.7 Å². The second-order valence-corrected chi connectivity index (χ2v) is 19.0. The van der Waals surface area contributed by atoms with E-state index in [1.54, 1.807) is 26.0 Å². The molecule has 4 unspecified atom stereocenters. The smallest absolute Gasteiger partial charge is 0.410 e. The summed E-state index contributed by atoms with van der Waals surface area (Å²) in [6.45, 7) is 16.3. The molecule has 5 aliphatic rings. The van der Waals surface area contributed by atoms with E-state index in [-0.39, 0.29) is 61.9 Å². The van der Waals surface area contributed by atoms with Gasteiger partial charge in [0.05, 0.1) is 20.3 Å². The minimum atomic E-state index is -0.354. The summed E-state index contributed by atoms with van der Waals surface area (Å²) in [7, 11) is 3.34. The molecule has 3 aliphatic heterocycles. The van der Waals surface area contributed by atoms with E-state index < -0.39 is 0 Å². The van der Waals surface area contributed by atoms with Crippen LogP contribution in [0.15, 0.2) is 97.1 Å². The summed E-state index contributed by atoms with van der Waals surface area (Å²) in [6, 6.07) is 34.0. The fourth-order valence-electron chi connectivity index (χ4n) is 10.0. The van der Waals surface area contributed by atoms with E-state index in [4.69, 9.17) is 34.2 Å². The summed E-state index contributed by atoms with van der Waals surface area (Å²) >= 11 is 0. The molecule has 1 amide bonds. The van der Waals surface area contributed by atoms with Gasteiger partial charge in [-0.05, 0) is 103 Å². The van der Waals surface area contributed by atoms with Crippen LogP contribution >= 0.6 is 0 Å². The molecule has 0 aromatic heterocycles. The number of rotatable bonds is 12. The van der Waals surface area contributed by atoms with Gasteiger partial charge in [0.2, 0.25) is 0 Å². The maximum absolute atomic E-state index is 12.5. The van der Waals surface area contributed by atoms with Crippen LogP contribution in [-0.2, 0) is 37.0 Å². The Kier molecular flexibility index (Phi) is 26.3. The van der Waals surface area contributed by atoms with Crippen LogP contribution in [0.25, 0.3) is 0 Å². The van der Waals surface area contributed by atoms with Crippen LogP contribution in [0, 0.1) is 73.7 Å². The summed E-state index contributed by atoms with van der Waals surface area (Å²) in [5.74, 6) is 6.64. The Morgan fingerprint density at radius 2 is 1.25 bits per heavy atom. The molecule has 2 saturated carbocycles. The van der Waals surface area contributed by atoms with Gasteiger partial charge in [0, 0.05) is 82.3 Å². The number of carbonyl (C=O) groups is 2. The maximum atomic E-state index is 12.5. The van der Waals surface area contributed by atoms with Crippen molar-refractivity contribution < 1.29 is 69.1 Å². The zero-order chi connectivity index (χ0) is 48.7. The Morgan fingerprint density at radius 1 is 0.710 bits per heavy atom. The zero-order valence-electron chi connectivity index (χ0n) is 42.7. The first-order chi connectivity index (χ1) is 33.1. The molecule has 11 heteroatoms. The fourth-order valence-corrected chi connectivity index (χ4v) is 10.0. The van der Waals surface area contributed by atoms with Crippen molar-refractivity contribution in [2.75, 3.05) is 47.2 Å². The first-order valence-electron chi connectivity index (χ1n) is 25.3. The molecule has 0 radical (unpaired) electrons. The topological polar surface area (TPSA) is 119 Å². The molecule has 2 aliphatic carbocycles. The van der Waals surface area contributed by atoms with E-state index in [9.17, 15) is 9.59 Å². The summed E-state index contributed by atoms with van der Waals surface area (Å²) in [5, 5.41) is 0. The van der Waals surface area contributed by atoms with Gasteiger partial charge in [0.1, 0.15) is 19.0 Å². The Labute approximate surface area is 438 Å². The number of hydrogen-bond acceptors (Lipinski definition) is 9. The third kappa shape index (κ3) is 18.4. The van der Waals surface area contributed by atoms with E-state index in [0.29, 0.717) is 31.2 Å². The van der Waals surface area contributed by atoms with Crippen LogP contribution in [-0.4, -0.2) is 70.2 Å². The standard InChI is InChI=1S/C19H21N2O3.C15H24O.C10H12O2.2C7H12O.U/c1-23-16-9-5-8-15(12-16)18-17(20)10-11-21(18)19(22)24-13-14-6-3-2-4-7-14;1-6-8-11(2)12(3)14-9-7-10-15(16-5)13(14)4;1-2-10(11)12-8-9-6-4-3-5-7-9;2*1-2-6-4-8-5-7(6)3-1;/h2-9,17-18H,10-11,13,20H2,1H3;7,9-12H,6,8H2,1-5H3;3-7H,2,8H2,1H3;2*6-7H,1-5H2;/q-1;;;;;/t17-,18-;11-,12+;;;;/m10..../s1. The molecule has 9 rings (SSSR count). The number of carbonyl (C=O) groups excluding carboxylic acids is 2. The molecule has 69 heavy (non-hydrogen) atoms. The van der Waals surface area contributed by atoms with Gasteiger partial charge in [0.25, 0.3) is 0 Å². The molecule has 3 heterocycles. The van der Waals surface area contributed by atoms with Crippen molar-refractivity contribution in [2.24, 2.45) is 35.3 Å². The molecule has 376 valence electrons. The number of fused-ring (bicyclic) bond motifs is 2. The third-order valence-electron chi connectivity index (χ3n) is 14.3. The quantitative estimate of drug-likeness (QED) is 0.109. The third-order valence-corrected chi connectivity index (χ3v) is 14.3. The minimum absolute atomic E-state index is 0. The number of amides is 1. The molecule has 4 aromatic rings. The summed E-state index contributed by atoms with van der Waals surface area (Å²) in [6.07, 6.45) is 12.0. The van der Waals surface area contributed by atoms with Crippen LogP contribution in [0.1, 0.15) is 132 Å². The Hall–Kier alpha value is -3.85. The van der Waals surface area contributed by atoms with Crippen molar-refractivity contribution in [2.45, 2.75) is 130 Å². The average molecular weight is 1170 g/mol. The first-order valence-corrected chi connectivity index (χ1v) is 25.3. The molecule has 0 bridgehead atoms. The molecule has 2 N–H and O–H groups in total. The van der Waals surface area contributed by atoms with Gasteiger partial charge in [-0.2, -0.15) is 12.1 Å². The van der Waals surface area contributed by atoms with E-state index in [1.807, 2.05) is 84.9 Å². The fraction of sp³-hybridized carbons (Fsp3) is 0.552. The summed E-state index contributed by atoms with van der Waals surface area (Å²) < 4.78 is 31.6. The van der Waals surface area contributed by atoms with E-state index >= 15 is 0 Å². The average Bonchev–Trinajstić information content (AvgIpc) is 4.24. The summed E-state index contributed by atoms with van der Waals surface area (Å²) in [5.41, 5.74) is 11.8. The maximum Gasteiger partial charge on any atom is 0.410 e. The largest absolute Gasteiger partial charge is 0.523 e. The van der Waals surface area contributed by atoms with Gasteiger partial charge < -0.3 is 39.1 Å². The number of ether oxygens (including phenoxy) is 6. The number of hydrogen-bond donors (Lipinski definition) is 1. The predicted octanol–water partition coefficient (Wildman–Crippen LogP) is 12.5. The number of nitrogens with two attached hydrogens (primary N) is 1. The van der Waals surface area contributed by atoms with Crippen LogP contribution in [0.5, 0.6) is 11.5 Å². The van der Waals surface area contributed by atoms with Gasteiger partial charge in [-0.3, -0.25) is 4.79 Å². The van der Waals surface area contributed by atoms with E-state index in [0.717, 1.165) is 84.9 Å². The van der Waals surface area contributed by atoms with Crippen molar-refractivity contribution in [3.8, 4) is 11.5 Å². The molecule has 8 atom stereocenters. The molecule has 4 aromatic carbocycles. The zero-order valence-corrected chi connectivity index (χ0v) is 46.8. The van der Waals surface area contributed by atoms with Crippen LogP contribution in [0.2, 0.25) is 0 Å². The second kappa shape index (κ2) is 31.5. The minimum Gasteiger partial charge on any atom is -0.523 e. The van der Waals surface area contributed by atoms with Crippen molar-refractivity contribution in [1.29, 1.82) is 0 Å². The van der Waals surface area contributed by atoms with Crippen molar-refractivity contribution >= 4 is 12.1 Å². The van der Waals surface area contributed by atoms with Gasteiger partial charge in [-0.25, -0.2) is 4.79 Å². The van der Waals surface area contributed by atoms with Gasteiger partial charge in [-0.1, -0.05) is 126 Å². The van der Waals surface area contributed by atoms with E-state index in [1.165, 1.54) is 62.5 Å². The Balaban J connectivity index is 0.000000199. The first kappa shape index (κ1) is 57.7. The van der Waals surface area contributed by atoms with Crippen molar-refractivity contribution in [1.82, 2.24) is 4.90 Å². The number of methoxy groups -OCH3 is 2. The van der Waals surface area contributed by atoms with Gasteiger partial charge >= 0.3 is 12.1 Å². The van der Waals surface area contributed by atoms with Crippen LogP contribution in [0.4, 0.5) is 4.79 Å². The SMILES string of the molecule is C1CC2COCC2C1.C1CC2COCC2C1.CCC(=O)OCc1ccccc1.CCC[C@H](C)[C@@H](C)c1cccc(OC)c1C.COc1[c-]c([C@@H]2[C@H](N)CCN2C(=O)OCc2ccccc2)ccc1.[U]. The number of nitrogens with zero attached hydrogens (tertiary/aromatic N) is 1. The molecular weight excluding hydrogens is 1090 g/mol.